The molecule has 4 rings (SSSR count). The number of anilines is 1. The fourth-order valence-electron chi connectivity index (χ4n) is 3.81. The highest BCUT2D eigenvalue weighted by molar-refractivity contribution is 6.04. The van der Waals surface area contributed by atoms with Crippen LogP contribution in [0.5, 0.6) is 5.75 Å². The normalized spacial score (nSPS) is 19.9. The number of carbonyl (C=O) groups excluding carboxylic acids is 1. The molecule has 1 aliphatic heterocycles. The second-order valence-corrected chi connectivity index (χ2v) is 7.29. The molecule has 2 aromatic rings. The van der Waals surface area contributed by atoms with Gasteiger partial charge in [-0.3, -0.25) is 4.79 Å². The number of rotatable bonds is 2. The van der Waals surface area contributed by atoms with Crippen molar-refractivity contribution in [1.29, 1.82) is 0 Å². The van der Waals surface area contributed by atoms with Gasteiger partial charge in [0.2, 0.25) is 5.91 Å². The van der Waals surface area contributed by atoms with Crippen molar-refractivity contribution in [2.45, 2.75) is 38.0 Å². The molecule has 2 aliphatic rings. The highest BCUT2D eigenvalue weighted by Gasteiger charge is 2.32. The van der Waals surface area contributed by atoms with Crippen molar-refractivity contribution in [1.82, 2.24) is 0 Å². The molecule has 2 N–H and O–H groups in total. The molecular weight excluding hydrogens is 383 g/mol. The largest absolute Gasteiger partial charge is 0.493 e. The van der Waals surface area contributed by atoms with E-state index in [2.05, 4.69) is 5.32 Å². The lowest BCUT2D eigenvalue weighted by Gasteiger charge is -2.13. The third kappa shape index (κ3) is 4.15. The Hall–Kier alpha value is -2.80. The van der Waals surface area contributed by atoms with E-state index < -0.39 is 17.8 Å². The molecule has 0 bridgehead atoms. The zero-order chi connectivity index (χ0) is 20.6. The van der Waals surface area contributed by atoms with Crippen LogP contribution in [0, 0.1) is 0 Å². The van der Waals surface area contributed by atoms with Crippen LogP contribution in [0.4, 0.5) is 18.9 Å². The van der Waals surface area contributed by atoms with Crippen molar-refractivity contribution in [3.05, 3.63) is 64.7 Å². The molecule has 0 fully saturated rings. The Labute approximate surface area is 166 Å². The summed E-state index contributed by atoms with van der Waals surface area (Å²) >= 11 is 0. The summed E-state index contributed by atoms with van der Waals surface area (Å²) in [6, 6.07) is 8.78. The summed E-state index contributed by atoms with van der Waals surface area (Å²) in [6.07, 6.45) is -0.962. The number of allylic oxidation sites excluding steroid dienone is 1. The highest BCUT2D eigenvalue weighted by atomic mass is 19.4. The van der Waals surface area contributed by atoms with Gasteiger partial charge in [0.25, 0.3) is 0 Å². The average molecular weight is 403 g/mol. The Balaban J connectivity index is 1.58. The standard InChI is InChI=1S/C22H20F3NO3/c23-22(24,25)15-5-7-17-14(2-1-9-29-20(17)11-15)10-21(28)26-16-6-3-13-4-8-19(27)18(13)12-16/h3,5-7,10-12,19,27H,1-2,4,8-9H2,(H,26,28). The smallest absolute Gasteiger partial charge is 0.416 e. The van der Waals surface area contributed by atoms with E-state index in [1.807, 2.05) is 6.07 Å². The molecule has 0 spiro atoms. The van der Waals surface area contributed by atoms with Gasteiger partial charge in [-0.15, -0.1) is 0 Å². The number of alkyl halides is 3. The van der Waals surface area contributed by atoms with Gasteiger partial charge < -0.3 is 15.2 Å². The molecule has 1 atom stereocenters. The number of aliphatic hydroxyl groups excluding tert-OH is 1. The quantitative estimate of drug-likeness (QED) is 0.703. The third-order valence-electron chi connectivity index (χ3n) is 5.27. The number of halogens is 3. The zero-order valence-electron chi connectivity index (χ0n) is 15.6. The van der Waals surface area contributed by atoms with Crippen LogP contribution in [0.15, 0.2) is 42.5 Å². The lowest BCUT2D eigenvalue weighted by molar-refractivity contribution is -0.137. The zero-order valence-corrected chi connectivity index (χ0v) is 15.6. The number of hydrogen-bond acceptors (Lipinski definition) is 3. The second kappa shape index (κ2) is 7.55. The molecule has 29 heavy (non-hydrogen) atoms. The summed E-state index contributed by atoms with van der Waals surface area (Å²) in [7, 11) is 0. The molecule has 1 aliphatic carbocycles. The first kappa shape index (κ1) is 19.5. The maximum absolute atomic E-state index is 13.0. The number of carbonyl (C=O) groups is 1. The van der Waals surface area contributed by atoms with E-state index in [0.717, 1.165) is 29.7 Å². The number of hydrogen-bond donors (Lipinski definition) is 2. The Bertz CT molecular complexity index is 982. The Morgan fingerprint density at radius 3 is 2.79 bits per heavy atom. The minimum absolute atomic E-state index is 0.136. The summed E-state index contributed by atoms with van der Waals surface area (Å²) in [5, 5.41) is 12.8. The first-order valence-corrected chi connectivity index (χ1v) is 9.48. The van der Waals surface area contributed by atoms with Crippen LogP contribution < -0.4 is 10.1 Å². The van der Waals surface area contributed by atoms with Crippen molar-refractivity contribution in [2.24, 2.45) is 0 Å². The number of ether oxygens (including phenoxy) is 1. The van der Waals surface area contributed by atoms with E-state index in [4.69, 9.17) is 4.74 Å². The molecule has 4 nitrogen and oxygen atoms in total. The van der Waals surface area contributed by atoms with Crippen molar-refractivity contribution < 1.29 is 27.8 Å². The van der Waals surface area contributed by atoms with Crippen LogP contribution in [0.2, 0.25) is 0 Å². The first-order valence-electron chi connectivity index (χ1n) is 9.48. The van der Waals surface area contributed by atoms with E-state index in [9.17, 15) is 23.1 Å². The fourth-order valence-corrected chi connectivity index (χ4v) is 3.81. The van der Waals surface area contributed by atoms with E-state index >= 15 is 0 Å². The Morgan fingerprint density at radius 2 is 2.00 bits per heavy atom. The average Bonchev–Trinajstić information content (AvgIpc) is 2.91. The molecule has 0 radical (unpaired) electrons. The predicted molar refractivity (Wildman–Crippen MR) is 103 cm³/mol. The van der Waals surface area contributed by atoms with Crippen LogP contribution >= 0.6 is 0 Å². The minimum Gasteiger partial charge on any atom is -0.493 e. The number of benzene rings is 2. The lowest BCUT2D eigenvalue weighted by Crippen LogP contribution is -2.10. The molecule has 1 amide bonds. The molecule has 0 saturated carbocycles. The molecular formula is C22H20F3NO3. The topological polar surface area (TPSA) is 58.6 Å². The van der Waals surface area contributed by atoms with E-state index in [1.54, 1.807) is 12.1 Å². The SMILES string of the molecule is O=C(C=C1CCCOc2cc(C(F)(F)F)ccc21)Nc1ccc2c(c1)C(O)CC2. The monoisotopic (exact) mass is 403 g/mol. The van der Waals surface area contributed by atoms with Gasteiger partial charge in [0.15, 0.2) is 0 Å². The van der Waals surface area contributed by atoms with Gasteiger partial charge in [0.1, 0.15) is 5.75 Å². The molecule has 0 saturated heterocycles. The fraction of sp³-hybridized carbons (Fsp3) is 0.318. The van der Waals surface area contributed by atoms with Gasteiger partial charge in [0, 0.05) is 17.3 Å². The number of aryl methyl sites for hydroxylation is 1. The maximum atomic E-state index is 13.0. The molecule has 7 heteroatoms. The van der Waals surface area contributed by atoms with Crippen molar-refractivity contribution in [3.8, 4) is 5.75 Å². The van der Waals surface area contributed by atoms with Gasteiger partial charge in [-0.05, 0) is 66.6 Å². The summed E-state index contributed by atoms with van der Waals surface area (Å²) in [6.45, 7) is 0.288. The van der Waals surface area contributed by atoms with Gasteiger partial charge in [-0.25, -0.2) is 0 Å². The number of nitrogens with one attached hydrogen (secondary N) is 1. The number of amides is 1. The first-order chi connectivity index (χ1) is 13.8. The van der Waals surface area contributed by atoms with Gasteiger partial charge >= 0.3 is 6.18 Å². The van der Waals surface area contributed by atoms with E-state index in [1.165, 1.54) is 12.1 Å². The van der Waals surface area contributed by atoms with Gasteiger partial charge in [-0.2, -0.15) is 13.2 Å². The number of aliphatic hydroxyl groups is 1. The van der Waals surface area contributed by atoms with Crippen molar-refractivity contribution in [2.75, 3.05) is 11.9 Å². The number of fused-ring (bicyclic) bond motifs is 2. The molecule has 2 aromatic carbocycles. The summed E-state index contributed by atoms with van der Waals surface area (Å²) in [5.41, 5.74) is 2.81. The second-order valence-electron chi connectivity index (χ2n) is 7.29. The van der Waals surface area contributed by atoms with Crippen molar-refractivity contribution >= 4 is 17.2 Å². The van der Waals surface area contributed by atoms with Crippen LogP contribution in [0.1, 0.15) is 47.6 Å². The Kier molecular flexibility index (Phi) is 5.08. The molecule has 0 aromatic heterocycles. The van der Waals surface area contributed by atoms with E-state index in [-0.39, 0.29) is 18.3 Å². The summed E-state index contributed by atoms with van der Waals surface area (Å²) in [5.74, 6) is -0.239. The lowest BCUT2D eigenvalue weighted by atomic mass is 9.99. The predicted octanol–water partition coefficient (Wildman–Crippen LogP) is 4.88. The van der Waals surface area contributed by atoms with Crippen LogP contribution in [-0.2, 0) is 17.4 Å². The van der Waals surface area contributed by atoms with Gasteiger partial charge in [-0.1, -0.05) is 12.1 Å². The highest BCUT2D eigenvalue weighted by Crippen LogP contribution is 2.38. The Morgan fingerprint density at radius 1 is 1.17 bits per heavy atom. The summed E-state index contributed by atoms with van der Waals surface area (Å²) in [4.78, 5) is 12.5. The van der Waals surface area contributed by atoms with Gasteiger partial charge in [0.05, 0.1) is 18.3 Å². The molecule has 1 unspecified atom stereocenters. The van der Waals surface area contributed by atoms with Crippen molar-refractivity contribution in [3.63, 3.8) is 0 Å². The minimum atomic E-state index is -4.45. The summed E-state index contributed by atoms with van der Waals surface area (Å²) < 4.78 is 44.4. The van der Waals surface area contributed by atoms with E-state index in [0.29, 0.717) is 36.1 Å². The van der Waals surface area contributed by atoms with Crippen LogP contribution in [0.25, 0.3) is 5.57 Å². The van der Waals surface area contributed by atoms with Crippen LogP contribution in [-0.4, -0.2) is 17.6 Å². The molecule has 1 heterocycles. The maximum Gasteiger partial charge on any atom is 0.416 e. The third-order valence-corrected chi connectivity index (χ3v) is 5.27. The molecule has 152 valence electrons. The van der Waals surface area contributed by atoms with Crippen LogP contribution in [0.3, 0.4) is 0 Å².